The van der Waals surface area contributed by atoms with E-state index in [1.165, 1.54) is 289 Å². The molecule has 0 saturated carbocycles. The predicted molar refractivity (Wildman–Crippen MR) is 310 cm³/mol. The van der Waals surface area contributed by atoms with Crippen LogP contribution in [-0.2, 0) is 19.7 Å². The van der Waals surface area contributed by atoms with Crippen molar-refractivity contribution in [3.63, 3.8) is 0 Å². The molecule has 0 aromatic rings. The summed E-state index contributed by atoms with van der Waals surface area (Å²) in [5.41, 5.74) is 0. The van der Waals surface area contributed by atoms with Gasteiger partial charge in [0.25, 0.3) is 10.1 Å². The summed E-state index contributed by atoms with van der Waals surface area (Å²) in [5, 5.41) is 17.3. The maximum absolute atomic E-state index is 10.2. The van der Waals surface area contributed by atoms with Gasteiger partial charge in [-0.2, -0.15) is 8.42 Å². The monoisotopic (exact) mass is 1130 g/mol. The van der Waals surface area contributed by atoms with E-state index in [0.717, 1.165) is 13.4 Å². The number of unbranched alkanes of at least 4 members (excludes halogenated alkanes) is 39. The molecule has 0 aromatic carbocycles. The Bertz CT molecular complexity index is 1140. The van der Waals surface area contributed by atoms with E-state index in [2.05, 4.69) is 84.2 Å². The molecule has 0 spiro atoms. The molecule has 0 amide bonds. The van der Waals surface area contributed by atoms with E-state index in [4.69, 9.17) is 4.55 Å². The van der Waals surface area contributed by atoms with Gasteiger partial charge in [-0.1, -0.05) is 252 Å². The van der Waals surface area contributed by atoms with E-state index < -0.39 is 33.7 Å². The van der Waals surface area contributed by atoms with Gasteiger partial charge >= 0.3 is 0 Å². The lowest BCUT2D eigenvalue weighted by Gasteiger charge is -2.23. The summed E-state index contributed by atoms with van der Waals surface area (Å²) in [7, 11) is 15.7. The fourth-order valence-electron chi connectivity index (χ4n) is 8.80. The third-order valence-electron chi connectivity index (χ3n) is 13.5. The van der Waals surface area contributed by atoms with Crippen molar-refractivity contribution in [1.82, 2.24) is 0 Å². The summed E-state index contributed by atoms with van der Waals surface area (Å²) in [4.78, 5) is 19.7. The second-order valence-electron chi connectivity index (χ2n) is 24.7. The largest absolute Gasteiger partial charge is 1.00 e. The second kappa shape index (κ2) is 57.4. The lowest BCUT2D eigenvalue weighted by atomic mass is 10.0. The molecular formula is C61H130BrN3O7S. The first-order valence-electron chi connectivity index (χ1n) is 30.7. The summed E-state index contributed by atoms with van der Waals surface area (Å²) in [6, 6.07) is 0. The number of aliphatic carboxylic acids is 2. The van der Waals surface area contributed by atoms with E-state index in [-0.39, 0.29) is 17.0 Å². The quantitative estimate of drug-likeness (QED) is 0.0364. The molecule has 10 nitrogen and oxygen atoms in total. The van der Waals surface area contributed by atoms with E-state index in [1.54, 1.807) is 0 Å². The Labute approximate surface area is 468 Å². The van der Waals surface area contributed by atoms with E-state index in [0.29, 0.717) is 0 Å². The Morgan fingerprint density at radius 3 is 0.589 bits per heavy atom. The smallest absolute Gasteiger partial charge is 0.273 e. The van der Waals surface area contributed by atoms with Crippen LogP contribution in [0.1, 0.15) is 297 Å². The van der Waals surface area contributed by atoms with Gasteiger partial charge in [0.1, 0.15) is 5.25 Å². The highest BCUT2D eigenvalue weighted by atomic mass is 79.9. The molecular weight excluding hydrogens is 999 g/mol. The van der Waals surface area contributed by atoms with Crippen LogP contribution in [0.2, 0.25) is 0 Å². The van der Waals surface area contributed by atoms with Gasteiger partial charge in [0.15, 0.2) is 0 Å². The van der Waals surface area contributed by atoms with Crippen molar-refractivity contribution in [1.29, 1.82) is 0 Å². The van der Waals surface area contributed by atoms with Crippen LogP contribution in [0, 0.1) is 0 Å². The summed E-state index contributed by atoms with van der Waals surface area (Å²) in [6.07, 6.45) is 59.8. The fourth-order valence-corrected chi connectivity index (χ4v) is 9.39. The van der Waals surface area contributed by atoms with Crippen molar-refractivity contribution in [2.45, 2.75) is 302 Å². The van der Waals surface area contributed by atoms with Crippen molar-refractivity contribution in [2.24, 2.45) is 0 Å². The van der Waals surface area contributed by atoms with Crippen LogP contribution in [0.3, 0.4) is 0 Å². The van der Waals surface area contributed by atoms with Gasteiger partial charge in [-0.3, -0.25) is 4.55 Å². The number of carbonyl (C=O) groups is 2. The Kier molecular flexibility index (Phi) is 63.7. The maximum atomic E-state index is 10.2. The molecule has 0 aliphatic carbocycles. The van der Waals surface area contributed by atoms with Crippen LogP contribution in [0.15, 0.2) is 0 Å². The van der Waals surface area contributed by atoms with Gasteiger partial charge in [-0.25, -0.2) is 0 Å². The lowest BCUT2D eigenvalue weighted by molar-refractivity contribution is -0.870. The molecule has 0 aliphatic rings. The van der Waals surface area contributed by atoms with Crippen LogP contribution in [-0.4, -0.2) is 127 Å². The number of rotatable bonds is 49. The van der Waals surface area contributed by atoms with Crippen molar-refractivity contribution in [3.05, 3.63) is 0 Å². The van der Waals surface area contributed by atoms with Gasteiger partial charge in [0, 0.05) is 12.4 Å². The molecule has 1 N–H and O–H groups in total. The van der Waals surface area contributed by atoms with Gasteiger partial charge in [0.2, 0.25) is 0 Å². The average molecular weight is 1130 g/mol. The van der Waals surface area contributed by atoms with Gasteiger partial charge in [0.05, 0.1) is 89.0 Å². The minimum atomic E-state index is -4.94. The first-order chi connectivity index (χ1) is 33.9. The molecule has 0 aromatic heterocycles. The minimum absolute atomic E-state index is 0. The van der Waals surface area contributed by atoms with Crippen molar-refractivity contribution >= 4 is 22.1 Å². The van der Waals surface area contributed by atoms with Crippen LogP contribution < -0.4 is 27.2 Å². The maximum Gasteiger partial charge on any atom is 0.273 e. The van der Waals surface area contributed by atoms with Gasteiger partial charge < -0.3 is 50.2 Å². The molecule has 1 atom stereocenters. The Morgan fingerprint density at radius 2 is 0.493 bits per heavy atom. The Morgan fingerprint density at radius 1 is 0.342 bits per heavy atom. The Balaban J connectivity index is -0.000000285. The van der Waals surface area contributed by atoms with Crippen molar-refractivity contribution in [2.75, 3.05) is 83.1 Å². The fraction of sp³-hybridized carbons (Fsp3) is 0.967. The first kappa shape index (κ1) is 81.1. The lowest BCUT2D eigenvalue weighted by Crippen LogP contribution is -3.00. The number of carboxylic acid groups (broad SMARTS) is 2. The molecule has 0 fully saturated rings. The van der Waals surface area contributed by atoms with Crippen molar-refractivity contribution in [3.8, 4) is 0 Å². The number of hydrogen-bond donors (Lipinski definition) is 1. The SMILES string of the molecule is CCCCCCCCCCCCCCCC[N+](C)(C)C.CCCCCCCCCCCCCCCC[N+](C)(C)C.CCCCCCCCCCCCCCCC[N+](C)(C)C.O=C([O-])CC(C(=O)[O-])S(=O)(=O)O.[Br-]. The van der Waals surface area contributed by atoms with E-state index in [9.17, 15) is 28.2 Å². The van der Waals surface area contributed by atoms with E-state index in [1.807, 2.05) is 0 Å². The standard InChI is InChI=1S/3C19H42N.C4H6O7S.BrH/c3*1-5-6-7-8-9-10-11-12-13-14-15-16-17-18-19-20(2,3)4;5-3(6)1-2(4(7)8)12(9,10)11;/h3*5-19H2,1-4H3;2H,1H2,(H,5,6)(H,7,8)(H,9,10,11);1H/q3*+1;;/p-3. The summed E-state index contributed by atoms with van der Waals surface area (Å²) < 4.78 is 31.8. The topological polar surface area (TPSA) is 135 Å². The molecule has 12 heteroatoms. The number of nitrogens with zero attached hydrogens (tertiary/aromatic N) is 3. The number of carbonyl (C=O) groups excluding carboxylic acids is 2. The molecule has 0 saturated heterocycles. The van der Waals surface area contributed by atoms with E-state index >= 15 is 0 Å². The third-order valence-corrected chi connectivity index (χ3v) is 14.6. The van der Waals surface area contributed by atoms with Crippen molar-refractivity contribution < 1.29 is 63.2 Å². The zero-order valence-corrected chi connectivity index (χ0v) is 53.5. The second-order valence-corrected chi connectivity index (χ2v) is 26.3. The zero-order chi connectivity index (χ0) is 55.3. The number of carboxylic acids is 2. The van der Waals surface area contributed by atoms with Crippen LogP contribution in [0.4, 0.5) is 0 Å². The summed E-state index contributed by atoms with van der Waals surface area (Å²) in [6.45, 7) is 10.9. The number of quaternary nitrogens is 3. The van der Waals surface area contributed by atoms with Gasteiger partial charge in [-0.05, 0) is 38.5 Å². The number of halogens is 1. The van der Waals surface area contributed by atoms with Crippen LogP contribution >= 0.6 is 0 Å². The molecule has 444 valence electrons. The molecule has 1 unspecified atom stereocenters. The molecule has 0 bridgehead atoms. The highest BCUT2D eigenvalue weighted by Crippen LogP contribution is 2.16. The average Bonchev–Trinajstić information content (AvgIpc) is 3.27. The Hall–Kier alpha value is -0.790. The summed E-state index contributed by atoms with van der Waals surface area (Å²) in [5.74, 6) is -4.08. The highest BCUT2D eigenvalue weighted by molar-refractivity contribution is 7.87. The molecule has 0 radical (unpaired) electrons. The van der Waals surface area contributed by atoms with Gasteiger partial charge in [-0.15, -0.1) is 0 Å². The molecule has 0 aliphatic heterocycles. The zero-order valence-electron chi connectivity index (χ0n) is 51.1. The van der Waals surface area contributed by atoms with Crippen LogP contribution in [0.5, 0.6) is 0 Å². The first-order valence-corrected chi connectivity index (χ1v) is 32.2. The molecule has 0 heterocycles. The normalized spacial score (nSPS) is 12.1. The predicted octanol–water partition coefficient (Wildman–Crippen LogP) is 11.7. The molecule has 73 heavy (non-hydrogen) atoms. The highest BCUT2D eigenvalue weighted by Gasteiger charge is 2.24. The third kappa shape index (κ3) is 82.7. The molecule has 0 rings (SSSR count). The minimum Gasteiger partial charge on any atom is -1.00 e. The number of hydrogen-bond acceptors (Lipinski definition) is 6. The summed E-state index contributed by atoms with van der Waals surface area (Å²) >= 11 is 0. The van der Waals surface area contributed by atoms with Crippen LogP contribution in [0.25, 0.3) is 0 Å².